The zero-order chi connectivity index (χ0) is 16.8. The van der Waals surface area contributed by atoms with Crippen molar-refractivity contribution in [2.45, 2.75) is 39.0 Å². The van der Waals surface area contributed by atoms with Crippen molar-refractivity contribution in [1.82, 2.24) is 5.32 Å². The van der Waals surface area contributed by atoms with Crippen molar-refractivity contribution >= 4 is 11.6 Å². The number of unbranched alkanes of at least 4 members (excludes halogenated alkanes) is 4. The standard InChI is InChI=1S/C18H30N2O3/c1-3-4-5-6-7-12-19-18(21)15-20-16-8-10-17(11-9-16)23-14-13-22-2/h8-11,20H,3-7,12-15H2,1-2H3,(H,19,21). The first-order valence-electron chi connectivity index (χ1n) is 8.48. The van der Waals surface area contributed by atoms with Gasteiger partial charge in [-0.3, -0.25) is 4.79 Å². The molecule has 1 rings (SSSR count). The van der Waals surface area contributed by atoms with Gasteiger partial charge in [-0.15, -0.1) is 0 Å². The summed E-state index contributed by atoms with van der Waals surface area (Å²) in [5.74, 6) is 0.824. The molecule has 0 saturated heterocycles. The lowest BCUT2D eigenvalue weighted by Gasteiger charge is -2.09. The third-order valence-electron chi connectivity index (χ3n) is 3.47. The average Bonchev–Trinajstić information content (AvgIpc) is 2.57. The summed E-state index contributed by atoms with van der Waals surface area (Å²) in [6.45, 7) is 4.35. The summed E-state index contributed by atoms with van der Waals surface area (Å²) >= 11 is 0. The number of rotatable bonds is 13. The van der Waals surface area contributed by atoms with E-state index in [1.807, 2.05) is 24.3 Å². The van der Waals surface area contributed by atoms with E-state index in [0.717, 1.165) is 24.4 Å². The van der Waals surface area contributed by atoms with Crippen molar-refractivity contribution in [2.24, 2.45) is 0 Å². The number of methoxy groups -OCH3 is 1. The van der Waals surface area contributed by atoms with Crippen LogP contribution in [0.1, 0.15) is 39.0 Å². The normalized spacial score (nSPS) is 10.3. The summed E-state index contributed by atoms with van der Waals surface area (Å²) < 4.78 is 10.4. The molecule has 23 heavy (non-hydrogen) atoms. The summed E-state index contributed by atoms with van der Waals surface area (Å²) in [6, 6.07) is 7.56. The maximum absolute atomic E-state index is 11.7. The Balaban J connectivity index is 2.12. The predicted octanol–water partition coefficient (Wildman–Crippen LogP) is 3.21. The number of anilines is 1. The molecule has 0 heterocycles. The Morgan fingerprint density at radius 2 is 1.78 bits per heavy atom. The molecule has 130 valence electrons. The van der Waals surface area contributed by atoms with Crippen molar-refractivity contribution in [2.75, 3.05) is 38.7 Å². The van der Waals surface area contributed by atoms with Crippen LogP contribution < -0.4 is 15.4 Å². The minimum Gasteiger partial charge on any atom is -0.491 e. The molecule has 0 spiro atoms. The molecule has 0 bridgehead atoms. The van der Waals surface area contributed by atoms with Crippen LogP contribution in [0.4, 0.5) is 5.69 Å². The summed E-state index contributed by atoms with van der Waals surface area (Å²) in [6.07, 6.45) is 6.02. The minimum absolute atomic E-state index is 0.0286. The highest BCUT2D eigenvalue weighted by Gasteiger charge is 2.01. The molecule has 0 atom stereocenters. The van der Waals surface area contributed by atoms with Gasteiger partial charge in [-0.1, -0.05) is 32.6 Å². The topological polar surface area (TPSA) is 59.6 Å². The maximum Gasteiger partial charge on any atom is 0.239 e. The van der Waals surface area contributed by atoms with Gasteiger partial charge in [0.05, 0.1) is 13.2 Å². The molecule has 0 aromatic heterocycles. The third-order valence-corrected chi connectivity index (χ3v) is 3.47. The van der Waals surface area contributed by atoms with E-state index in [2.05, 4.69) is 17.6 Å². The van der Waals surface area contributed by atoms with E-state index >= 15 is 0 Å². The lowest BCUT2D eigenvalue weighted by atomic mass is 10.1. The third kappa shape index (κ3) is 9.79. The Kier molecular flexibility index (Phi) is 10.7. The highest BCUT2D eigenvalue weighted by Crippen LogP contribution is 2.15. The largest absolute Gasteiger partial charge is 0.491 e. The van der Waals surface area contributed by atoms with Crippen LogP contribution in [0.3, 0.4) is 0 Å². The van der Waals surface area contributed by atoms with E-state index in [9.17, 15) is 4.79 Å². The molecule has 0 fully saturated rings. The Morgan fingerprint density at radius 3 is 2.48 bits per heavy atom. The molecule has 0 unspecified atom stereocenters. The van der Waals surface area contributed by atoms with E-state index in [4.69, 9.17) is 9.47 Å². The van der Waals surface area contributed by atoms with Crippen molar-refractivity contribution in [3.05, 3.63) is 24.3 Å². The number of carbonyl (C=O) groups excluding carboxylic acids is 1. The van der Waals surface area contributed by atoms with Crippen LogP contribution in [-0.2, 0) is 9.53 Å². The molecule has 1 aromatic carbocycles. The summed E-state index contributed by atoms with van der Waals surface area (Å²) in [5.41, 5.74) is 0.905. The molecule has 0 saturated carbocycles. The molecule has 0 aliphatic carbocycles. The zero-order valence-corrected chi connectivity index (χ0v) is 14.4. The number of hydrogen-bond donors (Lipinski definition) is 2. The fraction of sp³-hybridized carbons (Fsp3) is 0.611. The summed E-state index contributed by atoms with van der Waals surface area (Å²) in [5, 5.41) is 6.04. The minimum atomic E-state index is 0.0286. The van der Waals surface area contributed by atoms with Gasteiger partial charge in [0, 0.05) is 19.3 Å². The van der Waals surface area contributed by atoms with Gasteiger partial charge in [0.15, 0.2) is 0 Å². The highest BCUT2D eigenvalue weighted by molar-refractivity contribution is 5.80. The lowest BCUT2D eigenvalue weighted by molar-refractivity contribution is -0.119. The molecule has 1 amide bonds. The fourth-order valence-electron chi connectivity index (χ4n) is 2.11. The van der Waals surface area contributed by atoms with E-state index in [-0.39, 0.29) is 5.91 Å². The van der Waals surface area contributed by atoms with Crippen LogP contribution in [0, 0.1) is 0 Å². The fourth-order valence-corrected chi connectivity index (χ4v) is 2.11. The molecule has 0 aliphatic rings. The number of nitrogens with one attached hydrogen (secondary N) is 2. The lowest BCUT2D eigenvalue weighted by Crippen LogP contribution is -2.30. The van der Waals surface area contributed by atoms with Crippen LogP contribution >= 0.6 is 0 Å². The number of benzene rings is 1. The quantitative estimate of drug-likeness (QED) is 0.548. The number of carbonyl (C=O) groups is 1. The van der Waals surface area contributed by atoms with E-state index < -0.39 is 0 Å². The van der Waals surface area contributed by atoms with Gasteiger partial charge in [-0.25, -0.2) is 0 Å². The smallest absolute Gasteiger partial charge is 0.239 e. The highest BCUT2D eigenvalue weighted by atomic mass is 16.5. The molecule has 2 N–H and O–H groups in total. The first-order chi connectivity index (χ1) is 11.3. The SMILES string of the molecule is CCCCCCCNC(=O)CNc1ccc(OCCOC)cc1. The molecular weight excluding hydrogens is 292 g/mol. The first-order valence-corrected chi connectivity index (χ1v) is 8.48. The molecular formula is C18H30N2O3. The summed E-state index contributed by atoms with van der Waals surface area (Å²) in [7, 11) is 1.65. The van der Waals surface area contributed by atoms with Gasteiger partial charge in [0.25, 0.3) is 0 Å². The number of hydrogen-bond acceptors (Lipinski definition) is 4. The van der Waals surface area contributed by atoms with E-state index in [0.29, 0.717) is 19.8 Å². The second-order valence-corrected chi connectivity index (χ2v) is 5.48. The second-order valence-electron chi connectivity index (χ2n) is 5.48. The van der Waals surface area contributed by atoms with Crippen LogP contribution in [0.2, 0.25) is 0 Å². The Morgan fingerprint density at radius 1 is 1.04 bits per heavy atom. The number of amides is 1. The second kappa shape index (κ2) is 12.8. The van der Waals surface area contributed by atoms with Crippen LogP contribution in [0.5, 0.6) is 5.75 Å². The van der Waals surface area contributed by atoms with Crippen molar-refractivity contribution in [3.63, 3.8) is 0 Å². The van der Waals surface area contributed by atoms with Gasteiger partial charge >= 0.3 is 0 Å². The van der Waals surface area contributed by atoms with Crippen molar-refractivity contribution in [3.8, 4) is 5.75 Å². The monoisotopic (exact) mass is 322 g/mol. The predicted molar refractivity (Wildman–Crippen MR) is 94.1 cm³/mol. The average molecular weight is 322 g/mol. The molecule has 5 nitrogen and oxygen atoms in total. The van der Waals surface area contributed by atoms with Crippen molar-refractivity contribution < 1.29 is 14.3 Å². The Labute approximate surface area is 139 Å². The Bertz CT molecular complexity index is 421. The molecule has 0 aliphatic heterocycles. The van der Waals surface area contributed by atoms with E-state index in [1.165, 1.54) is 25.7 Å². The van der Waals surface area contributed by atoms with Gasteiger partial charge in [0.2, 0.25) is 5.91 Å². The van der Waals surface area contributed by atoms with Crippen LogP contribution in [0.25, 0.3) is 0 Å². The van der Waals surface area contributed by atoms with Gasteiger partial charge in [-0.2, -0.15) is 0 Å². The molecule has 5 heteroatoms. The van der Waals surface area contributed by atoms with Crippen LogP contribution in [0.15, 0.2) is 24.3 Å². The number of ether oxygens (including phenoxy) is 2. The maximum atomic E-state index is 11.7. The van der Waals surface area contributed by atoms with Gasteiger partial charge in [0.1, 0.15) is 12.4 Å². The molecule has 1 aromatic rings. The van der Waals surface area contributed by atoms with Gasteiger partial charge < -0.3 is 20.1 Å². The van der Waals surface area contributed by atoms with Crippen molar-refractivity contribution in [1.29, 1.82) is 0 Å². The van der Waals surface area contributed by atoms with Crippen LogP contribution in [-0.4, -0.2) is 39.3 Å². The van der Waals surface area contributed by atoms with Gasteiger partial charge in [-0.05, 0) is 30.7 Å². The van der Waals surface area contributed by atoms with E-state index in [1.54, 1.807) is 7.11 Å². The molecule has 0 radical (unpaired) electrons. The Hall–Kier alpha value is -1.75. The first kappa shape index (κ1) is 19.3. The summed E-state index contributed by atoms with van der Waals surface area (Å²) in [4.78, 5) is 11.7. The zero-order valence-electron chi connectivity index (χ0n) is 14.4.